The van der Waals surface area contributed by atoms with Crippen molar-refractivity contribution in [3.05, 3.63) is 93.8 Å². The smallest absolute Gasteiger partial charge is 0.331 e. The average molecular weight is 478 g/mol. The van der Waals surface area contributed by atoms with E-state index in [1.165, 1.54) is 6.08 Å². The highest BCUT2D eigenvalue weighted by Crippen LogP contribution is 2.24. The summed E-state index contributed by atoms with van der Waals surface area (Å²) < 4.78 is 7.54. The van der Waals surface area contributed by atoms with Gasteiger partial charge in [-0.25, -0.2) is 4.79 Å². The lowest BCUT2D eigenvalue weighted by molar-refractivity contribution is -0.156. The lowest BCUT2D eigenvalue weighted by atomic mass is 10.1. The second-order valence-electron chi connectivity index (χ2n) is 8.43. The summed E-state index contributed by atoms with van der Waals surface area (Å²) in [6, 6.07) is 16.8. The Kier molecular flexibility index (Phi) is 7.48. The van der Waals surface area contributed by atoms with Gasteiger partial charge in [-0.1, -0.05) is 60.1 Å². The van der Waals surface area contributed by atoms with Crippen LogP contribution in [0, 0.1) is 13.8 Å². The minimum absolute atomic E-state index is 0.176. The summed E-state index contributed by atoms with van der Waals surface area (Å²) in [7, 11) is 0. The molecule has 1 aliphatic rings. The Balaban J connectivity index is 1.50. The van der Waals surface area contributed by atoms with Gasteiger partial charge in [0.05, 0.1) is 12.2 Å². The van der Waals surface area contributed by atoms with Crippen molar-refractivity contribution in [2.45, 2.75) is 39.3 Å². The topological polar surface area (TPSA) is 64.4 Å². The van der Waals surface area contributed by atoms with Crippen LogP contribution in [0.1, 0.15) is 47.0 Å². The lowest BCUT2D eigenvalue weighted by Gasteiger charge is -2.23. The molecule has 0 N–H and O–H groups in total. The number of aromatic nitrogens is 2. The van der Waals surface area contributed by atoms with Gasteiger partial charge in [0.15, 0.2) is 0 Å². The molecule has 0 aliphatic carbocycles. The first kappa shape index (κ1) is 23.8. The summed E-state index contributed by atoms with van der Waals surface area (Å²) in [5.41, 5.74) is 4.18. The third-order valence-electron chi connectivity index (χ3n) is 6.08. The second-order valence-corrected chi connectivity index (χ2v) is 8.83. The number of halogens is 1. The molecular formula is C27H28ClN3O3. The van der Waals surface area contributed by atoms with Crippen molar-refractivity contribution >= 4 is 29.6 Å². The fourth-order valence-electron chi connectivity index (χ4n) is 4.19. The highest BCUT2D eigenvalue weighted by Gasteiger charge is 2.30. The molecule has 1 saturated heterocycles. The number of nitrogens with zero attached hydrogens (tertiary/aromatic N) is 3. The molecule has 34 heavy (non-hydrogen) atoms. The molecule has 2 heterocycles. The number of carbonyl (C=O) groups excluding carboxylic acids is 2. The van der Waals surface area contributed by atoms with Gasteiger partial charge in [-0.2, -0.15) is 5.10 Å². The molecule has 3 aromatic rings. The number of aryl methyl sites for hydroxylation is 1. The van der Waals surface area contributed by atoms with Gasteiger partial charge in [0.2, 0.25) is 6.10 Å². The van der Waals surface area contributed by atoms with Gasteiger partial charge in [-0.15, -0.1) is 0 Å². The number of esters is 1. The van der Waals surface area contributed by atoms with Crippen molar-refractivity contribution < 1.29 is 14.3 Å². The minimum atomic E-state index is -0.957. The number of ether oxygens (including phenoxy) is 1. The van der Waals surface area contributed by atoms with E-state index in [2.05, 4.69) is 5.10 Å². The SMILES string of the molecule is Cc1nn(Cc2ccccc2Cl)c(C)c1C=CC(=O)OC(C(=O)N1CCCC1)c1ccccc1. The molecule has 1 aromatic heterocycles. The third-order valence-corrected chi connectivity index (χ3v) is 6.45. The molecule has 176 valence electrons. The summed E-state index contributed by atoms with van der Waals surface area (Å²) in [5.74, 6) is -0.746. The standard InChI is InChI=1S/C27H28ClN3O3/c1-19-23(20(2)31(29-19)18-22-12-6-7-13-24(22)28)14-15-25(32)34-26(21-10-4-3-5-11-21)27(33)30-16-8-9-17-30/h3-7,10-15,26H,8-9,16-18H2,1-2H3. The van der Waals surface area contributed by atoms with E-state index in [1.54, 1.807) is 11.0 Å². The van der Waals surface area contributed by atoms with Crippen LogP contribution in [-0.4, -0.2) is 39.6 Å². The number of hydrogen-bond donors (Lipinski definition) is 0. The summed E-state index contributed by atoms with van der Waals surface area (Å²) in [6.07, 6.45) is 4.05. The maximum Gasteiger partial charge on any atom is 0.331 e. The van der Waals surface area contributed by atoms with E-state index in [9.17, 15) is 9.59 Å². The molecule has 1 unspecified atom stereocenters. The van der Waals surface area contributed by atoms with Gasteiger partial charge in [0, 0.05) is 41.0 Å². The van der Waals surface area contributed by atoms with Crippen LogP contribution < -0.4 is 0 Å². The third kappa shape index (κ3) is 5.39. The first-order valence-corrected chi connectivity index (χ1v) is 11.8. The molecule has 2 aromatic carbocycles. The Morgan fingerprint density at radius 2 is 1.74 bits per heavy atom. The monoisotopic (exact) mass is 477 g/mol. The second kappa shape index (κ2) is 10.7. The normalized spacial score (nSPS) is 14.5. The van der Waals surface area contributed by atoms with Crippen LogP contribution in [-0.2, 0) is 20.9 Å². The molecule has 1 amide bonds. The zero-order valence-corrected chi connectivity index (χ0v) is 20.2. The van der Waals surface area contributed by atoms with Gasteiger partial charge < -0.3 is 9.64 Å². The molecule has 1 atom stereocenters. The highest BCUT2D eigenvalue weighted by molar-refractivity contribution is 6.31. The maximum absolute atomic E-state index is 13.1. The van der Waals surface area contributed by atoms with E-state index in [4.69, 9.17) is 16.3 Å². The molecule has 6 nitrogen and oxygen atoms in total. The first-order chi connectivity index (χ1) is 16.4. The van der Waals surface area contributed by atoms with Gasteiger partial charge >= 0.3 is 5.97 Å². The molecule has 1 aliphatic heterocycles. The Morgan fingerprint density at radius 3 is 2.44 bits per heavy atom. The van der Waals surface area contributed by atoms with Crippen molar-refractivity contribution in [1.29, 1.82) is 0 Å². The van der Waals surface area contributed by atoms with E-state index >= 15 is 0 Å². The molecule has 7 heteroatoms. The van der Waals surface area contributed by atoms with Crippen LogP contribution >= 0.6 is 11.6 Å². The van der Waals surface area contributed by atoms with E-state index in [0.717, 1.165) is 35.4 Å². The highest BCUT2D eigenvalue weighted by atomic mass is 35.5. The number of benzene rings is 2. The van der Waals surface area contributed by atoms with Crippen molar-refractivity contribution in [3.8, 4) is 0 Å². The molecule has 0 radical (unpaired) electrons. The fraction of sp³-hybridized carbons (Fsp3) is 0.296. The number of amides is 1. The first-order valence-electron chi connectivity index (χ1n) is 11.4. The molecule has 1 fully saturated rings. The van der Waals surface area contributed by atoms with Crippen molar-refractivity contribution in [2.24, 2.45) is 0 Å². The van der Waals surface area contributed by atoms with E-state index in [1.807, 2.05) is 73.1 Å². The number of likely N-dealkylation sites (tertiary alicyclic amines) is 1. The quantitative estimate of drug-likeness (QED) is 0.350. The minimum Gasteiger partial charge on any atom is -0.444 e. The molecule has 0 spiro atoms. The predicted molar refractivity (Wildman–Crippen MR) is 132 cm³/mol. The largest absolute Gasteiger partial charge is 0.444 e. The van der Waals surface area contributed by atoms with Crippen molar-refractivity contribution in [3.63, 3.8) is 0 Å². The van der Waals surface area contributed by atoms with Crippen LogP contribution in [0.3, 0.4) is 0 Å². The Morgan fingerprint density at radius 1 is 1.06 bits per heavy atom. The van der Waals surface area contributed by atoms with E-state index in [0.29, 0.717) is 30.2 Å². The number of rotatable bonds is 7. The van der Waals surface area contributed by atoms with Crippen LogP contribution in [0.15, 0.2) is 60.7 Å². The zero-order valence-electron chi connectivity index (χ0n) is 19.4. The molecule has 4 rings (SSSR count). The van der Waals surface area contributed by atoms with Gasteiger partial charge in [-0.05, 0) is 44.4 Å². The van der Waals surface area contributed by atoms with Crippen molar-refractivity contribution in [1.82, 2.24) is 14.7 Å². The molecule has 0 bridgehead atoms. The van der Waals surface area contributed by atoms with Crippen molar-refractivity contribution in [2.75, 3.05) is 13.1 Å². The van der Waals surface area contributed by atoms with Crippen LogP contribution in [0.4, 0.5) is 0 Å². The van der Waals surface area contributed by atoms with Gasteiger partial charge in [0.1, 0.15) is 0 Å². The number of hydrogen-bond acceptors (Lipinski definition) is 4. The lowest BCUT2D eigenvalue weighted by Crippen LogP contribution is -2.34. The Hall–Kier alpha value is -3.38. The summed E-state index contributed by atoms with van der Waals surface area (Å²) in [5, 5.41) is 5.29. The fourth-order valence-corrected chi connectivity index (χ4v) is 4.39. The predicted octanol–water partition coefficient (Wildman–Crippen LogP) is 5.12. The molecular weight excluding hydrogens is 450 g/mol. The summed E-state index contributed by atoms with van der Waals surface area (Å²) >= 11 is 6.30. The number of carbonyl (C=O) groups is 2. The van der Waals surface area contributed by atoms with E-state index < -0.39 is 12.1 Å². The van der Waals surface area contributed by atoms with Crippen LogP contribution in [0.5, 0.6) is 0 Å². The summed E-state index contributed by atoms with van der Waals surface area (Å²) in [4.78, 5) is 27.6. The summed E-state index contributed by atoms with van der Waals surface area (Å²) in [6.45, 7) is 5.76. The van der Waals surface area contributed by atoms with E-state index in [-0.39, 0.29) is 5.91 Å². The Bertz CT molecular complexity index is 1200. The maximum atomic E-state index is 13.1. The zero-order chi connectivity index (χ0) is 24.1. The van der Waals surface area contributed by atoms with Gasteiger partial charge in [0.25, 0.3) is 5.91 Å². The van der Waals surface area contributed by atoms with Gasteiger partial charge in [-0.3, -0.25) is 9.48 Å². The average Bonchev–Trinajstić information content (AvgIpc) is 3.47. The molecule has 0 saturated carbocycles. The van der Waals surface area contributed by atoms with Crippen LogP contribution in [0.25, 0.3) is 6.08 Å². The Labute approximate surface area is 204 Å². The van der Waals surface area contributed by atoms with Crippen LogP contribution in [0.2, 0.25) is 5.02 Å².